The molecule has 0 aliphatic heterocycles. The maximum Gasteiger partial charge on any atom is 0.240 e. The topological polar surface area (TPSA) is 98.7 Å². The number of hydrogen-bond acceptors (Lipinski definition) is 6. The highest BCUT2D eigenvalue weighted by atomic mass is 16.5. The summed E-state index contributed by atoms with van der Waals surface area (Å²) in [5, 5.41) is 6.78. The summed E-state index contributed by atoms with van der Waals surface area (Å²) in [6, 6.07) is 15.3. The van der Waals surface area contributed by atoms with Crippen molar-refractivity contribution in [3.63, 3.8) is 0 Å². The average Bonchev–Trinajstić information content (AvgIpc) is 3.39. The highest BCUT2D eigenvalue weighted by molar-refractivity contribution is 5.76. The third-order valence-corrected chi connectivity index (χ3v) is 4.08. The van der Waals surface area contributed by atoms with Gasteiger partial charge in [-0.1, -0.05) is 41.6 Å². The molecule has 4 rings (SSSR count). The van der Waals surface area contributed by atoms with Gasteiger partial charge in [-0.2, -0.15) is 4.98 Å². The van der Waals surface area contributed by atoms with Crippen molar-refractivity contribution in [2.24, 2.45) is 0 Å². The van der Waals surface area contributed by atoms with Crippen LogP contribution in [0.3, 0.4) is 0 Å². The molecule has 3 heterocycles. The van der Waals surface area contributed by atoms with Gasteiger partial charge in [0.2, 0.25) is 17.6 Å². The number of benzene rings is 1. The maximum absolute atomic E-state index is 12.3. The summed E-state index contributed by atoms with van der Waals surface area (Å²) in [5.41, 5.74) is 1.61. The molecule has 4 aromatic rings. The molecular formula is C20H18N6O2. The Hall–Kier alpha value is -3.81. The fourth-order valence-electron chi connectivity index (χ4n) is 2.76. The quantitative estimate of drug-likeness (QED) is 0.533. The second kappa shape index (κ2) is 8.26. The van der Waals surface area contributed by atoms with Crippen LogP contribution in [0.4, 0.5) is 0 Å². The Labute approximate surface area is 161 Å². The van der Waals surface area contributed by atoms with Crippen LogP contribution in [0.1, 0.15) is 5.89 Å². The van der Waals surface area contributed by atoms with E-state index in [2.05, 4.69) is 25.4 Å². The van der Waals surface area contributed by atoms with E-state index >= 15 is 0 Å². The minimum Gasteiger partial charge on any atom is -0.354 e. The van der Waals surface area contributed by atoms with Gasteiger partial charge in [-0.3, -0.25) is 9.78 Å². The normalized spacial score (nSPS) is 10.7. The monoisotopic (exact) mass is 374 g/mol. The molecule has 3 aromatic heterocycles. The van der Waals surface area contributed by atoms with Gasteiger partial charge in [0, 0.05) is 37.1 Å². The second-order valence-electron chi connectivity index (χ2n) is 6.07. The lowest BCUT2D eigenvalue weighted by atomic mass is 10.2. The van der Waals surface area contributed by atoms with Crippen molar-refractivity contribution in [3.8, 4) is 22.9 Å². The van der Waals surface area contributed by atoms with E-state index in [9.17, 15) is 4.79 Å². The van der Waals surface area contributed by atoms with Gasteiger partial charge in [-0.25, -0.2) is 4.98 Å². The van der Waals surface area contributed by atoms with Gasteiger partial charge < -0.3 is 14.4 Å². The van der Waals surface area contributed by atoms with Gasteiger partial charge in [0.1, 0.15) is 18.1 Å². The van der Waals surface area contributed by atoms with Gasteiger partial charge in [0.15, 0.2) is 0 Å². The summed E-state index contributed by atoms with van der Waals surface area (Å²) in [6.07, 6.45) is 5.60. The number of rotatable bonds is 7. The van der Waals surface area contributed by atoms with Crippen molar-refractivity contribution in [2.45, 2.75) is 13.0 Å². The van der Waals surface area contributed by atoms with E-state index in [0.717, 1.165) is 11.4 Å². The van der Waals surface area contributed by atoms with Crippen LogP contribution >= 0.6 is 0 Å². The van der Waals surface area contributed by atoms with E-state index in [1.54, 1.807) is 18.6 Å². The Morgan fingerprint density at radius 3 is 2.71 bits per heavy atom. The number of carbonyl (C=O) groups is 1. The summed E-state index contributed by atoms with van der Waals surface area (Å²) < 4.78 is 7.03. The molecule has 1 aromatic carbocycles. The van der Waals surface area contributed by atoms with E-state index in [1.807, 2.05) is 53.1 Å². The first-order valence-electron chi connectivity index (χ1n) is 8.87. The van der Waals surface area contributed by atoms with Crippen LogP contribution in [0.2, 0.25) is 0 Å². The predicted octanol–water partition coefficient (Wildman–Crippen LogP) is 2.35. The largest absolute Gasteiger partial charge is 0.354 e. The molecular weight excluding hydrogens is 356 g/mol. The minimum absolute atomic E-state index is 0.111. The van der Waals surface area contributed by atoms with Crippen molar-refractivity contribution in [2.75, 3.05) is 6.54 Å². The van der Waals surface area contributed by atoms with Crippen LogP contribution in [0.25, 0.3) is 22.9 Å². The van der Waals surface area contributed by atoms with Crippen LogP contribution < -0.4 is 5.32 Å². The van der Waals surface area contributed by atoms with Crippen molar-refractivity contribution in [1.82, 2.24) is 30.0 Å². The lowest BCUT2D eigenvalue weighted by molar-refractivity contribution is -0.121. The predicted molar refractivity (Wildman–Crippen MR) is 102 cm³/mol. The van der Waals surface area contributed by atoms with Gasteiger partial charge >= 0.3 is 0 Å². The molecule has 140 valence electrons. The zero-order valence-corrected chi connectivity index (χ0v) is 15.0. The molecule has 0 aliphatic carbocycles. The standard InChI is InChI=1S/C20H18N6O2/c27-17(14-26-13-12-23-20(26)15-6-2-1-3-7-15)22-11-9-18-24-19(25-28-18)16-8-4-5-10-21-16/h1-8,10,12-13H,9,11,14H2,(H,22,27). The molecule has 0 aliphatic rings. The van der Waals surface area contributed by atoms with Crippen molar-refractivity contribution in [3.05, 3.63) is 73.0 Å². The van der Waals surface area contributed by atoms with Gasteiger partial charge in [0.05, 0.1) is 0 Å². The molecule has 28 heavy (non-hydrogen) atoms. The summed E-state index contributed by atoms with van der Waals surface area (Å²) in [7, 11) is 0. The molecule has 0 fully saturated rings. The summed E-state index contributed by atoms with van der Waals surface area (Å²) in [4.78, 5) is 25.1. The van der Waals surface area contributed by atoms with Crippen molar-refractivity contribution in [1.29, 1.82) is 0 Å². The Morgan fingerprint density at radius 1 is 1.04 bits per heavy atom. The Balaban J connectivity index is 1.30. The SMILES string of the molecule is O=C(Cn1ccnc1-c1ccccc1)NCCc1nc(-c2ccccn2)no1. The third-order valence-electron chi connectivity index (χ3n) is 4.08. The Kier molecular flexibility index (Phi) is 5.19. The minimum atomic E-state index is -0.111. The molecule has 0 spiro atoms. The number of hydrogen-bond donors (Lipinski definition) is 1. The molecule has 0 saturated carbocycles. The number of pyridine rings is 1. The van der Waals surface area contributed by atoms with Crippen LogP contribution in [0.5, 0.6) is 0 Å². The summed E-state index contributed by atoms with van der Waals surface area (Å²) >= 11 is 0. The molecule has 0 atom stereocenters. The van der Waals surface area contributed by atoms with Gasteiger partial charge in [-0.05, 0) is 12.1 Å². The number of aromatic nitrogens is 5. The fourth-order valence-corrected chi connectivity index (χ4v) is 2.76. The van der Waals surface area contributed by atoms with E-state index in [-0.39, 0.29) is 12.5 Å². The fraction of sp³-hybridized carbons (Fsp3) is 0.150. The Bertz CT molecular complexity index is 1040. The first-order chi connectivity index (χ1) is 13.8. The molecule has 0 unspecified atom stereocenters. The molecule has 1 amide bonds. The smallest absolute Gasteiger partial charge is 0.240 e. The number of nitrogens with one attached hydrogen (secondary N) is 1. The van der Waals surface area contributed by atoms with E-state index in [0.29, 0.717) is 30.4 Å². The lowest BCUT2D eigenvalue weighted by Gasteiger charge is -2.08. The lowest BCUT2D eigenvalue weighted by Crippen LogP contribution is -2.29. The van der Waals surface area contributed by atoms with Gasteiger partial charge in [-0.15, -0.1) is 0 Å². The molecule has 8 nitrogen and oxygen atoms in total. The molecule has 0 radical (unpaired) electrons. The maximum atomic E-state index is 12.3. The number of carbonyl (C=O) groups excluding carboxylic acids is 1. The van der Waals surface area contributed by atoms with Crippen LogP contribution in [-0.4, -0.2) is 37.1 Å². The summed E-state index contributed by atoms with van der Waals surface area (Å²) in [6.45, 7) is 0.589. The number of amides is 1. The van der Waals surface area contributed by atoms with E-state index < -0.39 is 0 Å². The molecule has 1 N–H and O–H groups in total. The van der Waals surface area contributed by atoms with Crippen molar-refractivity contribution >= 4 is 5.91 Å². The average molecular weight is 374 g/mol. The highest BCUT2D eigenvalue weighted by Gasteiger charge is 2.11. The summed E-state index contributed by atoms with van der Waals surface area (Å²) in [5.74, 6) is 1.54. The Morgan fingerprint density at radius 2 is 1.89 bits per heavy atom. The highest BCUT2D eigenvalue weighted by Crippen LogP contribution is 2.16. The zero-order chi connectivity index (χ0) is 19.2. The second-order valence-corrected chi connectivity index (χ2v) is 6.07. The van der Waals surface area contributed by atoms with Crippen LogP contribution in [0, 0.1) is 0 Å². The first-order valence-corrected chi connectivity index (χ1v) is 8.87. The van der Waals surface area contributed by atoms with Crippen LogP contribution in [0.15, 0.2) is 71.6 Å². The molecule has 0 saturated heterocycles. The van der Waals surface area contributed by atoms with Crippen LogP contribution in [-0.2, 0) is 17.8 Å². The number of imidazole rings is 1. The first kappa shape index (κ1) is 17.6. The van der Waals surface area contributed by atoms with E-state index in [1.165, 1.54) is 0 Å². The zero-order valence-electron chi connectivity index (χ0n) is 15.0. The molecule has 0 bridgehead atoms. The molecule has 8 heteroatoms. The third kappa shape index (κ3) is 4.12. The van der Waals surface area contributed by atoms with Crippen molar-refractivity contribution < 1.29 is 9.32 Å². The number of nitrogens with zero attached hydrogens (tertiary/aromatic N) is 5. The van der Waals surface area contributed by atoms with Gasteiger partial charge in [0.25, 0.3) is 0 Å². The van der Waals surface area contributed by atoms with E-state index in [4.69, 9.17) is 4.52 Å².